The lowest BCUT2D eigenvalue weighted by atomic mass is 10.4. The highest BCUT2D eigenvalue weighted by Gasteiger charge is 2.02. The van der Waals surface area contributed by atoms with Crippen LogP contribution < -0.4 is 0 Å². The summed E-state index contributed by atoms with van der Waals surface area (Å²) in [6.07, 6.45) is 3.69. The lowest BCUT2D eigenvalue weighted by Gasteiger charge is -1.80. The molecule has 2 rings (SSSR count). The number of rotatable bonds is 1. The molecule has 0 saturated carbocycles. The van der Waals surface area contributed by atoms with Gasteiger partial charge in [0.25, 0.3) is 0 Å². The molecule has 54 valence electrons. The molecule has 0 aliphatic heterocycles. The van der Waals surface area contributed by atoms with Gasteiger partial charge in [-0.2, -0.15) is 0 Å². The van der Waals surface area contributed by atoms with Crippen molar-refractivity contribution < 1.29 is 9.21 Å². The van der Waals surface area contributed by atoms with Crippen molar-refractivity contribution in [3.63, 3.8) is 0 Å². The van der Waals surface area contributed by atoms with Gasteiger partial charge in [0.2, 0.25) is 5.71 Å². The van der Waals surface area contributed by atoms with Gasteiger partial charge in [-0.25, -0.2) is 9.97 Å². The molecule has 0 aliphatic rings. The second-order valence-electron chi connectivity index (χ2n) is 2.01. The van der Waals surface area contributed by atoms with Crippen molar-refractivity contribution in [2.45, 2.75) is 0 Å². The van der Waals surface area contributed by atoms with Crippen molar-refractivity contribution in [3.8, 4) is 0 Å². The third kappa shape index (κ3) is 0.881. The molecule has 0 N–H and O–H groups in total. The molecule has 0 radical (unpaired) electrons. The largest absolute Gasteiger partial charge is 0.433 e. The Hall–Kier alpha value is -1.71. The zero-order chi connectivity index (χ0) is 7.68. The first-order chi connectivity index (χ1) is 5.40. The Labute approximate surface area is 61.9 Å². The summed E-state index contributed by atoms with van der Waals surface area (Å²) in [5.74, 6) is 0.256. The Balaban J connectivity index is 2.78. The lowest BCUT2D eigenvalue weighted by molar-refractivity contribution is 0.110. The smallest absolute Gasteiger partial charge is 0.245 e. The van der Waals surface area contributed by atoms with Crippen LogP contribution in [0.1, 0.15) is 10.6 Å². The van der Waals surface area contributed by atoms with Crippen molar-refractivity contribution in [2.24, 2.45) is 0 Å². The van der Waals surface area contributed by atoms with Gasteiger partial charge in [0, 0.05) is 18.5 Å². The molecule has 0 amide bonds. The number of aromatic nitrogens is 2. The average molecular weight is 148 g/mol. The van der Waals surface area contributed by atoms with Crippen molar-refractivity contribution in [3.05, 3.63) is 24.2 Å². The SMILES string of the molecule is O=Cc1cc2nccnc2o1. The van der Waals surface area contributed by atoms with Crippen LogP contribution in [0.5, 0.6) is 0 Å². The molecule has 11 heavy (non-hydrogen) atoms. The van der Waals surface area contributed by atoms with Gasteiger partial charge in [0.15, 0.2) is 12.0 Å². The summed E-state index contributed by atoms with van der Waals surface area (Å²) in [7, 11) is 0. The van der Waals surface area contributed by atoms with Crippen LogP contribution in [0.25, 0.3) is 11.2 Å². The second kappa shape index (κ2) is 2.16. The van der Waals surface area contributed by atoms with E-state index in [0.29, 0.717) is 17.5 Å². The van der Waals surface area contributed by atoms with E-state index in [1.54, 1.807) is 12.3 Å². The maximum atomic E-state index is 10.2. The van der Waals surface area contributed by atoms with Crippen LogP contribution in [0, 0.1) is 0 Å². The van der Waals surface area contributed by atoms with Gasteiger partial charge in [0.05, 0.1) is 0 Å². The van der Waals surface area contributed by atoms with E-state index in [0.717, 1.165) is 0 Å². The maximum absolute atomic E-state index is 10.2. The average Bonchev–Trinajstić information content (AvgIpc) is 2.46. The Kier molecular flexibility index (Phi) is 1.18. The molecule has 4 nitrogen and oxygen atoms in total. The summed E-state index contributed by atoms with van der Waals surface area (Å²) < 4.78 is 4.98. The number of hydrogen-bond donors (Lipinski definition) is 0. The summed E-state index contributed by atoms with van der Waals surface area (Å²) in [6.45, 7) is 0. The molecule has 0 aliphatic carbocycles. The van der Waals surface area contributed by atoms with E-state index in [-0.39, 0.29) is 5.76 Å². The molecule has 4 heteroatoms. The molecule has 0 aromatic carbocycles. The quantitative estimate of drug-likeness (QED) is 0.567. The van der Waals surface area contributed by atoms with Crippen molar-refractivity contribution in [2.75, 3.05) is 0 Å². The van der Waals surface area contributed by atoms with Crippen molar-refractivity contribution in [1.82, 2.24) is 9.97 Å². The Morgan fingerprint density at radius 3 is 2.91 bits per heavy atom. The van der Waals surface area contributed by atoms with Crippen molar-refractivity contribution >= 4 is 17.5 Å². The van der Waals surface area contributed by atoms with E-state index in [2.05, 4.69) is 9.97 Å². The zero-order valence-corrected chi connectivity index (χ0v) is 5.52. The first kappa shape index (κ1) is 6.03. The normalized spacial score (nSPS) is 10.2. The van der Waals surface area contributed by atoms with Crippen LogP contribution in [-0.4, -0.2) is 16.3 Å². The molecule has 0 saturated heterocycles. The minimum absolute atomic E-state index is 0.256. The fourth-order valence-corrected chi connectivity index (χ4v) is 0.848. The fraction of sp³-hybridized carbons (Fsp3) is 0. The Morgan fingerprint density at radius 1 is 1.36 bits per heavy atom. The number of hydrogen-bond acceptors (Lipinski definition) is 4. The van der Waals surface area contributed by atoms with Gasteiger partial charge in [0.1, 0.15) is 5.52 Å². The maximum Gasteiger partial charge on any atom is 0.245 e. The standard InChI is InChI=1S/C7H4N2O2/c10-4-5-3-6-7(11-5)9-2-1-8-6/h1-4H. The van der Waals surface area contributed by atoms with Crippen LogP contribution in [0.2, 0.25) is 0 Å². The third-order valence-corrected chi connectivity index (χ3v) is 1.30. The minimum atomic E-state index is 0.256. The number of carbonyl (C=O) groups is 1. The number of nitrogens with zero attached hydrogens (tertiary/aromatic N) is 2. The first-order valence-electron chi connectivity index (χ1n) is 3.06. The van der Waals surface area contributed by atoms with Crippen LogP contribution in [0.4, 0.5) is 0 Å². The molecular formula is C7H4N2O2. The van der Waals surface area contributed by atoms with Crippen LogP contribution in [0.3, 0.4) is 0 Å². The van der Waals surface area contributed by atoms with Crippen LogP contribution in [-0.2, 0) is 0 Å². The van der Waals surface area contributed by atoms with Gasteiger partial charge in [-0.15, -0.1) is 0 Å². The molecule has 0 spiro atoms. The monoisotopic (exact) mass is 148 g/mol. The van der Waals surface area contributed by atoms with E-state index >= 15 is 0 Å². The molecule has 2 heterocycles. The van der Waals surface area contributed by atoms with Crippen molar-refractivity contribution in [1.29, 1.82) is 0 Å². The molecule has 2 aromatic heterocycles. The zero-order valence-electron chi connectivity index (χ0n) is 5.52. The number of fused-ring (bicyclic) bond motifs is 1. The van der Waals surface area contributed by atoms with E-state index in [4.69, 9.17) is 4.42 Å². The van der Waals surface area contributed by atoms with Gasteiger partial charge >= 0.3 is 0 Å². The van der Waals surface area contributed by atoms with Crippen LogP contribution in [0.15, 0.2) is 22.9 Å². The highest BCUT2D eigenvalue weighted by molar-refractivity contribution is 5.79. The van der Waals surface area contributed by atoms with E-state index in [1.165, 1.54) is 6.20 Å². The minimum Gasteiger partial charge on any atom is -0.433 e. The highest BCUT2D eigenvalue weighted by atomic mass is 16.3. The van der Waals surface area contributed by atoms with E-state index in [1.807, 2.05) is 0 Å². The predicted octanol–water partition coefficient (Wildman–Crippen LogP) is 1.04. The summed E-state index contributed by atoms with van der Waals surface area (Å²) in [5.41, 5.74) is 1.00. The third-order valence-electron chi connectivity index (χ3n) is 1.30. The molecule has 0 atom stereocenters. The van der Waals surface area contributed by atoms with Gasteiger partial charge in [-0.1, -0.05) is 0 Å². The Morgan fingerprint density at radius 2 is 2.18 bits per heavy atom. The predicted molar refractivity (Wildman–Crippen MR) is 37.2 cm³/mol. The fourth-order valence-electron chi connectivity index (χ4n) is 0.848. The molecule has 0 bridgehead atoms. The number of aldehydes is 1. The molecule has 2 aromatic rings. The van der Waals surface area contributed by atoms with Gasteiger partial charge in [-0.3, -0.25) is 4.79 Å². The van der Waals surface area contributed by atoms with E-state index in [9.17, 15) is 4.79 Å². The van der Waals surface area contributed by atoms with Crippen LogP contribution >= 0.6 is 0 Å². The number of carbonyl (C=O) groups excluding carboxylic acids is 1. The van der Waals surface area contributed by atoms with Gasteiger partial charge in [-0.05, 0) is 0 Å². The molecule has 0 fully saturated rings. The summed E-state index contributed by atoms with van der Waals surface area (Å²) >= 11 is 0. The molecular weight excluding hydrogens is 144 g/mol. The summed E-state index contributed by atoms with van der Waals surface area (Å²) in [5, 5.41) is 0. The highest BCUT2D eigenvalue weighted by Crippen LogP contribution is 2.11. The summed E-state index contributed by atoms with van der Waals surface area (Å²) in [4.78, 5) is 18.0. The number of furan rings is 1. The second-order valence-corrected chi connectivity index (χ2v) is 2.01. The summed E-state index contributed by atoms with van der Waals surface area (Å²) in [6, 6.07) is 1.55. The Bertz CT molecular complexity index is 361. The van der Waals surface area contributed by atoms with E-state index < -0.39 is 0 Å². The van der Waals surface area contributed by atoms with Gasteiger partial charge < -0.3 is 4.42 Å². The lowest BCUT2D eigenvalue weighted by Crippen LogP contribution is -1.73. The topological polar surface area (TPSA) is 56.0 Å². The first-order valence-corrected chi connectivity index (χ1v) is 3.06. The molecule has 0 unspecified atom stereocenters.